The average Bonchev–Trinajstić information content (AvgIpc) is 3.11. The van der Waals surface area contributed by atoms with E-state index in [0.717, 1.165) is 5.56 Å². The molecule has 0 bridgehead atoms. The Morgan fingerprint density at radius 3 is 2.70 bits per heavy atom. The van der Waals surface area contributed by atoms with Crippen LogP contribution in [0.3, 0.4) is 0 Å². The molecule has 0 radical (unpaired) electrons. The number of hydrogen-bond acceptors (Lipinski definition) is 6. The van der Waals surface area contributed by atoms with Crippen LogP contribution >= 0.6 is 0 Å². The van der Waals surface area contributed by atoms with Crippen LogP contribution in [0, 0.1) is 0 Å². The molecule has 2 heterocycles. The minimum Gasteiger partial charge on any atom is -0.394 e. The minimum absolute atomic E-state index is 0.0274. The maximum Gasteiger partial charge on any atom is 0.259 e. The summed E-state index contributed by atoms with van der Waals surface area (Å²) in [6, 6.07) is 11.4. The first-order chi connectivity index (χ1) is 12.9. The van der Waals surface area contributed by atoms with Gasteiger partial charge in [0.2, 0.25) is 0 Å². The van der Waals surface area contributed by atoms with E-state index in [2.05, 4.69) is 14.7 Å². The number of ether oxygens (including phenoxy) is 1. The topological polar surface area (TPSA) is 96.7 Å². The van der Waals surface area contributed by atoms with Crippen LogP contribution in [-0.2, 0) is 28.4 Å². The molecule has 0 spiro atoms. The monoisotopic (exact) mass is 394 g/mol. The van der Waals surface area contributed by atoms with Crippen molar-refractivity contribution in [1.82, 2.24) is 19.4 Å². The van der Waals surface area contributed by atoms with Crippen LogP contribution < -0.4 is 4.72 Å². The summed E-state index contributed by atoms with van der Waals surface area (Å²) in [6.07, 6.45) is 1.57. The summed E-state index contributed by atoms with van der Waals surface area (Å²) in [7, 11) is -2.12. The SMILES string of the molecule is C[C@@H]1COC[C@@](CO)(CNS(=O)(=O)c2ccn(C)n2)N1Cc1ccccc1. The lowest BCUT2D eigenvalue weighted by atomic mass is 9.94. The fraction of sp³-hybridized carbons (Fsp3) is 0.500. The molecular formula is C18H26N4O4S. The van der Waals surface area contributed by atoms with E-state index < -0.39 is 15.6 Å². The van der Waals surface area contributed by atoms with Crippen molar-refractivity contribution in [2.45, 2.75) is 30.1 Å². The van der Waals surface area contributed by atoms with Gasteiger partial charge in [0.1, 0.15) is 0 Å². The Morgan fingerprint density at radius 1 is 1.33 bits per heavy atom. The lowest BCUT2D eigenvalue weighted by Crippen LogP contribution is -2.66. The molecular weight excluding hydrogens is 368 g/mol. The van der Waals surface area contributed by atoms with Gasteiger partial charge >= 0.3 is 0 Å². The third-order valence-electron chi connectivity index (χ3n) is 4.92. The van der Waals surface area contributed by atoms with Crippen LogP contribution in [0.15, 0.2) is 47.6 Å². The van der Waals surface area contributed by atoms with Crippen molar-refractivity contribution >= 4 is 10.0 Å². The summed E-state index contributed by atoms with van der Waals surface area (Å²) in [5.41, 5.74) is 0.242. The number of nitrogens with zero attached hydrogens (tertiary/aromatic N) is 3. The Labute approximate surface area is 159 Å². The Hall–Kier alpha value is -1.78. The van der Waals surface area contributed by atoms with E-state index in [0.29, 0.717) is 13.2 Å². The summed E-state index contributed by atoms with van der Waals surface area (Å²) in [5, 5.41) is 14.1. The van der Waals surface area contributed by atoms with Crippen LogP contribution in [0.4, 0.5) is 0 Å². The van der Waals surface area contributed by atoms with Crippen molar-refractivity contribution in [1.29, 1.82) is 0 Å². The Bertz CT molecular complexity index is 855. The van der Waals surface area contributed by atoms with Crippen molar-refractivity contribution in [2.24, 2.45) is 7.05 Å². The molecule has 1 saturated heterocycles. The summed E-state index contributed by atoms with van der Waals surface area (Å²) in [4.78, 5) is 2.12. The van der Waals surface area contributed by atoms with Crippen molar-refractivity contribution in [2.75, 3.05) is 26.4 Å². The number of sulfonamides is 1. The number of hydrogen-bond donors (Lipinski definition) is 2. The van der Waals surface area contributed by atoms with E-state index in [1.54, 1.807) is 13.2 Å². The predicted molar refractivity (Wildman–Crippen MR) is 100 cm³/mol. The van der Waals surface area contributed by atoms with Gasteiger partial charge in [-0.1, -0.05) is 30.3 Å². The number of benzene rings is 1. The van der Waals surface area contributed by atoms with Gasteiger partial charge in [0, 0.05) is 32.4 Å². The number of aryl methyl sites for hydroxylation is 1. The number of aromatic nitrogens is 2. The van der Waals surface area contributed by atoms with E-state index in [-0.39, 0.29) is 30.8 Å². The second-order valence-corrected chi connectivity index (χ2v) is 8.73. The number of nitrogens with one attached hydrogen (secondary N) is 1. The molecule has 1 aliphatic heterocycles. The number of morpholine rings is 1. The Morgan fingerprint density at radius 2 is 2.07 bits per heavy atom. The van der Waals surface area contributed by atoms with Gasteiger partial charge in [-0.15, -0.1) is 0 Å². The highest BCUT2D eigenvalue weighted by atomic mass is 32.2. The zero-order chi connectivity index (χ0) is 19.5. The molecule has 1 aromatic carbocycles. The van der Waals surface area contributed by atoms with Gasteiger partial charge in [0.05, 0.1) is 25.4 Å². The molecule has 3 rings (SSSR count). The van der Waals surface area contributed by atoms with Crippen LogP contribution in [-0.4, -0.2) is 66.2 Å². The normalized spacial score (nSPS) is 24.2. The number of aliphatic hydroxyl groups excluding tert-OH is 1. The third kappa shape index (κ3) is 4.39. The first-order valence-electron chi connectivity index (χ1n) is 8.85. The first kappa shape index (κ1) is 20.0. The second kappa shape index (κ2) is 8.07. The van der Waals surface area contributed by atoms with Gasteiger partial charge in [0.25, 0.3) is 10.0 Å². The van der Waals surface area contributed by atoms with Crippen molar-refractivity contribution in [3.8, 4) is 0 Å². The predicted octanol–water partition coefficient (Wildman–Crippen LogP) is 0.350. The lowest BCUT2D eigenvalue weighted by Gasteiger charge is -2.49. The molecule has 0 aliphatic carbocycles. The molecule has 0 saturated carbocycles. The molecule has 9 heteroatoms. The van der Waals surface area contributed by atoms with Gasteiger partial charge < -0.3 is 9.84 Å². The average molecular weight is 394 g/mol. The highest BCUT2D eigenvalue weighted by Gasteiger charge is 2.43. The van der Waals surface area contributed by atoms with E-state index >= 15 is 0 Å². The standard InChI is InChI=1S/C18H26N4O4S/c1-15-11-26-14-18(13-23,22(15)10-16-6-4-3-5-7-16)12-19-27(24,25)17-8-9-21(2)20-17/h3-9,15,19,23H,10-14H2,1-2H3/t15-,18+/m1/s1. The second-order valence-electron chi connectivity index (χ2n) is 7.01. The van der Waals surface area contributed by atoms with Crippen molar-refractivity contribution in [3.05, 3.63) is 48.2 Å². The quantitative estimate of drug-likeness (QED) is 0.704. The fourth-order valence-electron chi connectivity index (χ4n) is 3.35. The molecule has 2 aromatic rings. The van der Waals surface area contributed by atoms with Crippen molar-refractivity contribution < 1.29 is 18.3 Å². The number of aliphatic hydroxyl groups is 1. The van der Waals surface area contributed by atoms with Gasteiger partial charge in [-0.05, 0) is 18.6 Å². The van der Waals surface area contributed by atoms with Crippen LogP contribution in [0.1, 0.15) is 12.5 Å². The molecule has 1 aliphatic rings. The van der Waals surface area contributed by atoms with Crippen molar-refractivity contribution in [3.63, 3.8) is 0 Å². The summed E-state index contributed by atoms with van der Waals surface area (Å²) in [6.45, 7) is 3.18. The summed E-state index contributed by atoms with van der Waals surface area (Å²) in [5.74, 6) is 0. The van der Waals surface area contributed by atoms with E-state index in [1.165, 1.54) is 10.7 Å². The van der Waals surface area contributed by atoms with E-state index in [4.69, 9.17) is 4.74 Å². The van der Waals surface area contributed by atoms with E-state index in [9.17, 15) is 13.5 Å². The highest BCUT2D eigenvalue weighted by molar-refractivity contribution is 7.89. The Balaban J connectivity index is 1.81. The van der Waals surface area contributed by atoms with Crippen LogP contribution in [0.5, 0.6) is 0 Å². The summed E-state index contributed by atoms with van der Waals surface area (Å²) < 4.78 is 34.8. The molecule has 1 aromatic heterocycles. The Kier molecular flexibility index (Phi) is 5.97. The lowest BCUT2D eigenvalue weighted by molar-refractivity contribution is -0.120. The molecule has 0 unspecified atom stereocenters. The number of rotatable bonds is 7. The molecule has 2 atom stereocenters. The van der Waals surface area contributed by atoms with E-state index in [1.807, 2.05) is 37.3 Å². The maximum absolute atomic E-state index is 12.6. The highest BCUT2D eigenvalue weighted by Crippen LogP contribution is 2.26. The van der Waals surface area contributed by atoms with Gasteiger partial charge in [-0.25, -0.2) is 13.1 Å². The largest absolute Gasteiger partial charge is 0.394 e. The molecule has 2 N–H and O–H groups in total. The van der Waals surface area contributed by atoms with Gasteiger partial charge in [-0.3, -0.25) is 9.58 Å². The maximum atomic E-state index is 12.6. The zero-order valence-corrected chi connectivity index (χ0v) is 16.4. The van der Waals surface area contributed by atoms with Crippen LogP contribution in [0.2, 0.25) is 0 Å². The zero-order valence-electron chi connectivity index (χ0n) is 15.6. The minimum atomic E-state index is -3.78. The summed E-state index contributed by atoms with van der Waals surface area (Å²) >= 11 is 0. The molecule has 148 valence electrons. The third-order valence-corrected chi connectivity index (χ3v) is 6.21. The molecule has 8 nitrogen and oxygen atoms in total. The van der Waals surface area contributed by atoms with Crippen LogP contribution in [0.25, 0.3) is 0 Å². The molecule has 27 heavy (non-hydrogen) atoms. The fourth-order valence-corrected chi connectivity index (χ4v) is 4.43. The smallest absolute Gasteiger partial charge is 0.259 e. The molecule has 1 fully saturated rings. The van der Waals surface area contributed by atoms with Gasteiger partial charge in [0.15, 0.2) is 5.03 Å². The van der Waals surface area contributed by atoms with Gasteiger partial charge in [-0.2, -0.15) is 5.10 Å². The first-order valence-corrected chi connectivity index (χ1v) is 10.3. The molecule has 0 amide bonds.